The Morgan fingerprint density at radius 2 is 1.76 bits per heavy atom. The monoisotopic (exact) mass is 440 g/mol. The topological polar surface area (TPSA) is 34.0 Å². The zero-order valence-corrected chi connectivity index (χ0v) is 19.1. The fourth-order valence-electron chi connectivity index (χ4n) is 3.43. The van der Waals surface area contributed by atoms with Gasteiger partial charge in [0.25, 0.3) is 0 Å². The van der Waals surface area contributed by atoms with Crippen LogP contribution < -0.4 is 4.90 Å². The molecule has 0 radical (unpaired) electrons. The molecule has 0 aliphatic carbocycles. The highest BCUT2D eigenvalue weighted by Gasteiger charge is 2.20. The van der Waals surface area contributed by atoms with Crippen LogP contribution in [-0.4, -0.2) is 27.6 Å². The summed E-state index contributed by atoms with van der Waals surface area (Å²) < 4.78 is 4.09. The first-order valence-corrected chi connectivity index (χ1v) is 12.1. The van der Waals surface area contributed by atoms with Gasteiger partial charge >= 0.3 is 0 Å². The van der Waals surface area contributed by atoms with E-state index in [9.17, 15) is 0 Å². The van der Waals surface area contributed by atoms with E-state index in [1.807, 2.05) is 12.1 Å². The minimum atomic E-state index is 0.724. The minimum absolute atomic E-state index is 0.724. The first-order chi connectivity index (χ1) is 14.2. The number of hydrogen-bond acceptors (Lipinski definition) is 6. The molecule has 0 fully saturated rings. The average molecular weight is 441 g/mol. The summed E-state index contributed by atoms with van der Waals surface area (Å²) in [4.78, 5) is 13.5. The van der Waals surface area contributed by atoms with Crippen molar-refractivity contribution in [1.82, 2.24) is 14.5 Å². The summed E-state index contributed by atoms with van der Waals surface area (Å²) in [7, 11) is 0. The SMILES string of the molecule is CCCN(CCC)c1nc(-c2cccs2)nc2c1sc(=S)n2Cc1ccccc1. The van der Waals surface area contributed by atoms with Crippen molar-refractivity contribution in [3.8, 4) is 10.7 Å². The van der Waals surface area contributed by atoms with Gasteiger partial charge in [-0.25, -0.2) is 9.97 Å². The number of rotatable bonds is 8. The molecule has 0 spiro atoms. The van der Waals surface area contributed by atoms with E-state index in [0.717, 1.165) is 63.3 Å². The van der Waals surface area contributed by atoms with Gasteiger partial charge in [0.1, 0.15) is 4.70 Å². The lowest BCUT2D eigenvalue weighted by atomic mass is 10.2. The number of aromatic nitrogens is 3. The Kier molecular flexibility index (Phi) is 6.37. The number of thiophene rings is 1. The second-order valence-corrected chi connectivity index (χ2v) is 9.52. The molecule has 0 atom stereocenters. The minimum Gasteiger partial charge on any atom is -0.355 e. The van der Waals surface area contributed by atoms with Gasteiger partial charge in [0.2, 0.25) is 0 Å². The van der Waals surface area contributed by atoms with E-state index in [1.54, 1.807) is 22.7 Å². The number of thiazole rings is 1. The molecule has 3 aromatic heterocycles. The normalized spacial score (nSPS) is 11.2. The summed E-state index contributed by atoms with van der Waals surface area (Å²) in [6.45, 7) is 7.11. The Bertz CT molecular complexity index is 1120. The maximum Gasteiger partial charge on any atom is 0.173 e. The molecule has 4 aromatic rings. The third-order valence-corrected chi connectivity index (χ3v) is 7.01. The van der Waals surface area contributed by atoms with Crippen molar-refractivity contribution in [2.45, 2.75) is 33.2 Å². The highest BCUT2D eigenvalue weighted by Crippen LogP contribution is 2.34. The summed E-state index contributed by atoms with van der Waals surface area (Å²) >= 11 is 9.07. The smallest absolute Gasteiger partial charge is 0.173 e. The first-order valence-electron chi connectivity index (χ1n) is 9.95. The Morgan fingerprint density at radius 3 is 2.41 bits per heavy atom. The zero-order chi connectivity index (χ0) is 20.2. The van der Waals surface area contributed by atoms with E-state index >= 15 is 0 Å². The summed E-state index contributed by atoms with van der Waals surface area (Å²) in [5, 5.41) is 2.07. The van der Waals surface area contributed by atoms with Crippen molar-refractivity contribution < 1.29 is 0 Å². The third-order valence-electron chi connectivity index (χ3n) is 4.71. The van der Waals surface area contributed by atoms with Crippen molar-refractivity contribution >= 4 is 51.1 Å². The van der Waals surface area contributed by atoms with E-state index in [2.05, 4.69) is 59.0 Å². The van der Waals surface area contributed by atoms with Gasteiger partial charge in [-0.2, -0.15) is 0 Å². The number of anilines is 1. The van der Waals surface area contributed by atoms with Crippen LogP contribution in [-0.2, 0) is 6.54 Å². The Hall–Kier alpha value is -2.09. The Morgan fingerprint density at radius 1 is 1.00 bits per heavy atom. The van der Waals surface area contributed by atoms with Gasteiger partial charge in [-0.3, -0.25) is 0 Å². The molecule has 4 nitrogen and oxygen atoms in total. The predicted octanol–water partition coefficient (Wildman–Crippen LogP) is 6.63. The standard InChI is InChI=1S/C22H24N4S3/c1-3-12-25(13-4-2)20-18-21(24-19(23-20)17-11-8-14-28-17)26(22(27)29-18)15-16-9-6-5-7-10-16/h5-11,14H,3-4,12-13,15H2,1-2H3. The molecular formula is C22H24N4S3. The van der Waals surface area contributed by atoms with Crippen molar-refractivity contribution in [2.24, 2.45) is 0 Å². The van der Waals surface area contributed by atoms with Gasteiger partial charge in [-0.1, -0.05) is 61.6 Å². The predicted molar refractivity (Wildman–Crippen MR) is 128 cm³/mol. The molecule has 0 aliphatic rings. The lowest BCUT2D eigenvalue weighted by Crippen LogP contribution is -2.26. The second-order valence-electron chi connectivity index (χ2n) is 6.93. The molecule has 1 aromatic carbocycles. The molecule has 0 aliphatic heterocycles. The molecule has 0 saturated heterocycles. The van der Waals surface area contributed by atoms with Crippen molar-refractivity contribution in [1.29, 1.82) is 0 Å². The highest BCUT2D eigenvalue weighted by molar-refractivity contribution is 7.73. The van der Waals surface area contributed by atoms with Crippen LogP contribution in [0.4, 0.5) is 5.82 Å². The summed E-state index contributed by atoms with van der Waals surface area (Å²) in [6, 6.07) is 14.6. The molecule has 3 heterocycles. The molecule has 7 heteroatoms. The van der Waals surface area contributed by atoms with Gasteiger partial charge in [0.05, 0.1) is 11.4 Å². The molecular weight excluding hydrogens is 416 g/mol. The average Bonchev–Trinajstić information content (AvgIpc) is 3.37. The summed E-state index contributed by atoms with van der Waals surface area (Å²) in [5.74, 6) is 1.80. The summed E-state index contributed by atoms with van der Waals surface area (Å²) in [5.41, 5.74) is 2.16. The maximum absolute atomic E-state index is 5.77. The van der Waals surface area contributed by atoms with E-state index < -0.39 is 0 Å². The maximum atomic E-state index is 5.77. The van der Waals surface area contributed by atoms with Crippen LogP contribution in [0.5, 0.6) is 0 Å². The Labute approximate surface area is 184 Å². The van der Waals surface area contributed by atoms with E-state index in [4.69, 9.17) is 22.2 Å². The van der Waals surface area contributed by atoms with Gasteiger partial charge < -0.3 is 9.47 Å². The molecule has 0 bridgehead atoms. The highest BCUT2D eigenvalue weighted by atomic mass is 32.1. The molecule has 0 amide bonds. The molecule has 0 unspecified atom stereocenters. The van der Waals surface area contributed by atoms with E-state index in [0.29, 0.717) is 0 Å². The van der Waals surface area contributed by atoms with Crippen LogP contribution in [0.25, 0.3) is 21.0 Å². The van der Waals surface area contributed by atoms with Crippen LogP contribution in [0.3, 0.4) is 0 Å². The number of benzene rings is 1. The van der Waals surface area contributed by atoms with Crippen LogP contribution in [0, 0.1) is 3.95 Å². The molecule has 29 heavy (non-hydrogen) atoms. The van der Waals surface area contributed by atoms with Crippen molar-refractivity contribution in [3.63, 3.8) is 0 Å². The molecule has 0 saturated carbocycles. The molecule has 0 N–H and O–H groups in total. The first kappa shape index (κ1) is 20.2. The number of nitrogens with zero attached hydrogens (tertiary/aromatic N) is 4. The fraction of sp³-hybridized carbons (Fsp3) is 0.318. The largest absolute Gasteiger partial charge is 0.355 e. The number of fused-ring (bicyclic) bond motifs is 1. The molecule has 4 rings (SSSR count). The second kappa shape index (κ2) is 9.15. The van der Waals surface area contributed by atoms with E-state index in [-0.39, 0.29) is 0 Å². The Balaban J connectivity index is 1.92. The fourth-order valence-corrected chi connectivity index (χ4v) is 5.44. The van der Waals surface area contributed by atoms with E-state index in [1.165, 1.54) is 5.56 Å². The summed E-state index contributed by atoms with van der Waals surface area (Å²) in [6.07, 6.45) is 2.16. The van der Waals surface area contributed by atoms with Crippen molar-refractivity contribution in [2.75, 3.05) is 18.0 Å². The zero-order valence-electron chi connectivity index (χ0n) is 16.7. The molecule has 150 valence electrons. The van der Waals surface area contributed by atoms with Gasteiger partial charge in [0.15, 0.2) is 21.2 Å². The quantitative estimate of drug-likeness (QED) is 0.288. The van der Waals surface area contributed by atoms with Gasteiger partial charge in [0, 0.05) is 13.1 Å². The van der Waals surface area contributed by atoms with Crippen LogP contribution in [0.1, 0.15) is 32.3 Å². The van der Waals surface area contributed by atoms with Crippen molar-refractivity contribution in [3.05, 3.63) is 57.4 Å². The number of hydrogen-bond donors (Lipinski definition) is 0. The van der Waals surface area contributed by atoms with Gasteiger partial charge in [-0.15, -0.1) is 11.3 Å². The van der Waals surface area contributed by atoms with Gasteiger partial charge in [-0.05, 0) is 42.1 Å². The van der Waals surface area contributed by atoms with Crippen LogP contribution in [0.2, 0.25) is 0 Å². The van der Waals surface area contributed by atoms with Crippen LogP contribution >= 0.6 is 34.9 Å². The lowest BCUT2D eigenvalue weighted by Gasteiger charge is -2.23. The van der Waals surface area contributed by atoms with Crippen LogP contribution in [0.15, 0.2) is 47.8 Å². The third kappa shape index (κ3) is 4.27. The lowest BCUT2D eigenvalue weighted by molar-refractivity contribution is 0.736.